The molecule has 0 fully saturated rings. The summed E-state index contributed by atoms with van der Waals surface area (Å²) in [4.78, 5) is 0. The Morgan fingerprint density at radius 1 is 1.32 bits per heavy atom. The van der Waals surface area contributed by atoms with E-state index in [-0.39, 0.29) is 0 Å². The lowest BCUT2D eigenvalue weighted by atomic mass is 10.1. The summed E-state index contributed by atoms with van der Waals surface area (Å²) < 4.78 is 7.87. The first-order chi connectivity index (χ1) is 9.28. The van der Waals surface area contributed by atoms with E-state index in [9.17, 15) is 0 Å². The smallest absolute Gasteiger partial charge is 0.134 e. The fourth-order valence-corrected chi connectivity index (χ4v) is 2.34. The number of rotatable bonds is 4. The van der Waals surface area contributed by atoms with Crippen LogP contribution in [0.2, 0.25) is 0 Å². The Bertz CT molecular complexity index is 696. The summed E-state index contributed by atoms with van der Waals surface area (Å²) >= 11 is 0. The Morgan fingerprint density at radius 2 is 2.16 bits per heavy atom. The zero-order valence-electron chi connectivity index (χ0n) is 11.2. The summed E-state index contributed by atoms with van der Waals surface area (Å²) in [6.45, 7) is 3.51. The molecule has 0 amide bonds. The molecule has 1 aromatic carbocycles. The van der Waals surface area contributed by atoms with Crippen LogP contribution in [0.5, 0.6) is 0 Å². The van der Waals surface area contributed by atoms with Crippen LogP contribution in [0.4, 0.5) is 0 Å². The molecule has 0 aliphatic heterocycles. The molecular formula is C15H17N3O. The number of fused-ring (bicyclic) bond motifs is 1. The lowest BCUT2D eigenvalue weighted by Gasteiger charge is -2.03. The van der Waals surface area contributed by atoms with Crippen LogP contribution >= 0.6 is 0 Å². The Kier molecular flexibility index (Phi) is 3.09. The first-order valence-electron chi connectivity index (χ1n) is 6.41. The number of nitrogens with one attached hydrogen (secondary N) is 1. The molecule has 0 aliphatic rings. The average Bonchev–Trinajstić information content (AvgIpc) is 2.96. The van der Waals surface area contributed by atoms with Gasteiger partial charge in [0, 0.05) is 17.1 Å². The van der Waals surface area contributed by atoms with E-state index in [0.29, 0.717) is 0 Å². The first-order valence-corrected chi connectivity index (χ1v) is 6.41. The van der Waals surface area contributed by atoms with Crippen LogP contribution in [0.3, 0.4) is 0 Å². The highest BCUT2D eigenvalue weighted by molar-refractivity contribution is 5.82. The minimum absolute atomic E-state index is 0.726. The second-order valence-corrected chi connectivity index (χ2v) is 4.75. The van der Waals surface area contributed by atoms with Gasteiger partial charge in [-0.1, -0.05) is 18.2 Å². The number of furan rings is 1. The molecule has 98 valence electrons. The van der Waals surface area contributed by atoms with Gasteiger partial charge >= 0.3 is 0 Å². The van der Waals surface area contributed by atoms with E-state index in [2.05, 4.69) is 16.5 Å². The van der Waals surface area contributed by atoms with Gasteiger partial charge in [-0.25, -0.2) is 0 Å². The summed E-state index contributed by atoms with van der Waals surface area (Å²) in [6.07, 6.45) is 3.92. The second-order valence-electron chi connectivity index (χ2n) is 4.75. The topological polar surface area (TPSA) is 43.0 Å². The van der Waals surface area contributed by atoms with Gasteiger partial charge in [0.2, 0.25) is 0 Å². The quantitative estimate of drug-likeness (QED) is 0.779. The molecule has 3 aromatic rings. The summed E-state index contributed by atoms with van der Waals surface area (Å²) in [5, 5.41) is 8.67. The van der Waals surface area contributed by atoms with Crippen LogP contribution in [0.15, 0.2) is 41.1 Å². The maximum atomic E-state index is 5.91. The van der Waals surface area contributed by atoms with Gasteiger partial charge in [-0.3, -0.25) is 4.68 Å². The fourth-order valence-electron chi connectivity index (χ4n) is 2.34. The van der Waals surface area contributed by atoms with Crippen molar-refractivity contribution in [3.63, 3.8) is 0 Å². The molecule has 0 atom stereocenters. The fraction of sp³-hybridized carbons (Fsp3) is 0.267. The highest BCUT2D eigenvalue weighted by atomic mass is 16.3. The number of para-hydroxylation sites is 1. The minimum Gasteiger partial charge on any atom is -0.459 e. The van der Waals surface area contributed by atoms with Gasteiger partial charge in [0.15, 0.2) is 0 Å². The van der Waals surface area contributed by atoms with E-state index >= 15 is 0 Å². The third kappa shape index (κ3) is 2.27. The summed E-state index contributed by atoms with van der Waals surface area (Å²) in [5.74, 6) is 0.983. The molecule has 0 unspecified atom stereocenters. The molecule has 1 N–H and O–H groups in total. The number of benzene rings is 1. The van der Waals surface area contributed by atoms with Crippen molar-refractivity contribution >= 4 is 11.0 Å². The number of nitrogens with zero attached hydrogens (tertiary/aromatic N) is 2. The Labute approximate surface area is 112 Å². The monoisotopic (exact) mass is 255 g/mol. The standard InChI is InChI=1S/C15H17N3O/c1-11-7-17-18(9-11)10-13-12-5-3-4-6-14(12)19-15(13)8-16-2/h3-7,9,16H,8,10H2,1-2H3. The third-order valence-electron chi connectivity index (χ3n) is 3.20. The lowest BCUT2D eigenvalue weighted by Crippen LogP contribution is -2.08. The number of aromatic nitrogens is 2. The second kappa shape index (κ2) is 4.90. The van der Waals surface area contributed by atoms with Crippen LogP contribution in [-0.4, -0.2) is 16.8 Å². The van der Waals surface area contributed by atoms with Crippen molar-refractivity contribution in [1.29, 1.82) is 0 Å². The molecule has 0 aliphatic carbocycles. The zero-order valence-corrected chi connectivity index (χ0v) is 11.2. The average molecular weight is 255 g/mol. The van der Waals surface area contributed by atoms with Gasteiger partial charge < -0.3 is 9.73 Å². The van der Waals surface area contributed by atoms with E-state index in [1.165, 1.54) is 16.5 Å². The summed E-state index contributed by atoms with van der Waals surface area (Å²) in [6, 6.07) is 8.14. The van der Waals surface area contributed by atoms with E-state index < -0.39 is 0 Å². The molecule has 2 aromatic heterocycles. The summed E-state index contributed by atoms with van der Waals surface area (Å²) in [7, 11) is 1.93. The van der Waals surface area contributed by atoms with Crippen LogP contribution in [0.1, 0.15) is 16.9 Å². The molecule has 2 heterocycles. The number of hydrogen-bond acceptors (Lipinski definition) is 3. The maximum Gasteiger partial charge on any atom is 0.134 e. The normalized spacial score (nSPS) is 11.3. The van der Waals surface area contributed by atoms with Crippen LogP contribution in [0.25, 0.3) is 11.0 Å². The summed E-state index contributed by atoms with van der Waals surface area (Å²) in [5.41, 5.74) is 3.31. The number of hydrogen-bond donors (Lipinski definition) is 1. The van der Waals surface area contributed by atoms with E-state index in [1.807, 2.05) is 49.2 Å². The Balaban J connectivity index is 2.06. The lowest BCUT2D eigenvalue weighted by molar-refractivity contribution is 0.518. The van der Waals surface area contributed by atoms with Crippen molar-refractivity contribution in [1.82, 2.24) is 15.1 Å². The van der Waals surface area contributed by atoms with Crippen molar-refractivity contribution < 1.29 is 4.42 Å². The molecular weight excluding hydrogens is 238 g/mol. The van der Waals surface area contributed by atoms with E-state index in [4.69, 9.17) is 4.42 Å². The molecule has 0 spiro atoms. The SMILES string of the molecule is CNCc1oc2ccccc2c1Cn1cc(C)cn1. The van der Waals surface area contributed by atoms with Crippen molar-refractivity contribution in [3.05, 3.63) is 53.5 Å². The number of aryl methyl sites for hydroxylation is 1. The van der Waals surface area contributed by atoms with Gasteiger partial charge in [-0.05, 0) is 25.6 Å². The molecule has 4 nitrogen and oxygen atoms in total. The van der Waals surface area contributed by atoms with Gasteiger partial charge in [0.25, 0.3) is 0 Å². The van der Waals surface area contributed by atoms with Gasteiger partial charge in [0.1, 0.15) is 11.3 Å². The molecule has 0 bridgehead atoms. The Morgan fingerprint density at radius 3 is 2.89 bits per heavy atom. The van der Waals surface area contributed by atoms with Gasteiger partial charge in [0.05, 0.1) is 19.3 Å². The van der Waals surface area contributed by atoms with Crippen molar-refractivity contribution in [2.24, 2.45) is 0 Å². The molecule has 0 saturated heterocycles. The molecule has 4 heteroatoms. The van der Waals surface area contributed by atoms with Crippen molar-refractivity contribution in [2.75, 3.05) is 7.05 Å². The van der Waals surface area contributed by atoms with E-state index in [1.54, 1.807) is 0 Å². The largest absolute Gasteiger partial charge is 0.459 e. The first kappa shape index (κ1) is 12.0. The van der Waals surface area contributed by atoms with E-state index in [0.717, 1.165) is 24.4 Å². The van der Waals surface area contributed by atoms with Crippen molar-refractivity contribution in [3.8, 4) is 0 Å². The van der Waals surface area contributed by atoms with Crippen LogP contribution < -0.4 is 5.32 Å². The molecule has 3 rings (SSSR count). The predicted molar refractivity (Wildman–Crippen MR) is 75.0 cm³/mol. The van der Waals surface area contributed by atoms with Gasteiger partial charge in [-0.2, -0.15) is 5.10 Å². The predicted octanol–water partition coefficient (Wildman–Crippen LogP) is 2.71. The highest BCUT2D eigenvalue weighted by Gasteiger charge is 2.13. The van der Waals surface area contributed by atoms with Crippen LogP contribution in [0, 0.1) is 6.92 Å². The van der Waals surface area contributed by atoms with Gasteiger partial charge in [-0.15, -0.1) is 0 Å². The highest BCUT2D eigenvalue weighted by Crippen LogP contribution is 2.26. The molecule has 0 saturated carbocycles. The zero-order chi connectivity index (χ0) is 13.2. The third-order valence-corrected chi connectivity index (χ3v) is 3.20. The van der Waals surface area contributed by atoms with Crippen LogP contribution in [-0.2, 0) is 13.1 Å². The maximum absolute atomic E-state index is 5.91. The van der Waals surface area contributed by atoms with Crippen molar-refractivity contribution in [2.45, 2.75) is 20.0 Å². The molecule has 0 radical (unpaired) electrons. The molecule has 19 heavy (non-hydrogen) atoms. The minimum atomic E-state index is 0.726. The Hall–Kier alpha value is -2.07.